The van der Waals surface area contributed by atoms with Gasteiger partial charge in [-0.15, -0.1) is 0 Å². The van der Waals surface area contributed by atoms with E-state index in [2.05, 4.69) is 21.2 Å². The molecule has 0 saturated carbocycles. The van der Waals surface area contributed by atoms with E-state index in [0.29, 0.717) is 23.5 Å². The Morgan fingerprint density at radius 1 is 1.00 bits per heavy atom. The van der Waals surface area contributed by atoms with Crippen LogP contribution in [0.15, 0.2) is 77.3 Å². The first-order chi connectivity index (χ1) is 14.4. The van der Waals surface area contributed by atoms with Gasteiger partial charge in [0.15, 0.2) is 6.61 Å². The number of aryl methyl sites for hydroxylation is 1. The average Bonchev–Trinajstić information content (AvgIpc) is 2.73. The van der Waals surface area contributed by atoms with E-state index in [-0.39, 0.29) is 18.4 Å². The topological polar surface area (TPSA) is 58.6 Å². The van der Waals surface area contributed by atoms with E-state index in [9.17, 15) is 9.59 Å². The Kier molecular flexibility index (Phi) is 7.25. The van der Waals surface area contributed by atoms with Gasteiger partial charge in [0, 0.05) is 18.1 Å². The van der Waals surface area contributed by atoms with Gasteiger partial charge in [0.05, 0.1) is 11.3 Å². The number of halogens is 1. The summed E-state index contributed by atoms with van der Waals surface area (Å²) in [7, 11) is 1.74. The van der Waals surface area contributed by atoms with E-state index in [1.165, 1.54) is 0 Å². The number of anilines is 1. The van der Waals surface area contributed by atoms with Crippen LogP contribution >= 0.6 is 15.9 Å². The zero-order valence-corrected chi connectivity index (χ0v) is 18.5. The van der Waals surface area contributed by atoms with Gasteiger partial charge in [0.25, 0.3) is 11.8 Å². The van der Waals surface area contributed by atoms with Crippen molar-refractivity contribution in [1.82, 2.24) is 4.90 Å². The highest BCUT2D eigenvalue weighted by Gasteiger charge is 2.17. The first-order valence-corrected chi connectivity index (χ1v) is 10.3. The lowest BCUT2D eigenvalue weighted by atomic mass is 10.1. The molecule has 0 aliphatic heterocycles. The van der Waals surface area contributed by atoms with Crippen LogP contribution in [0.5, 0.6) is 5.75 Å². The van der Waals surface area contributed by atoms with Crippen LogP contribution in [-0.4, -0.2) is 30.4 Å². The third-order valence-corrected chi connectivity index (χ3v) is 5.03. The summed E-state index contributed by atoms with van der Waals surface area (Å²) >= 11 is 3.40. The maximum Gasteiger partial charge on any atom is 0.262 e. The zero-order valence-electron chi connectivity index (χ0n) is 16.9. The SMILES string of the molecule is Cc1cc(Br)ccc1OCC(=O)Nc1ccccc1C(=O)N(C)Cc1ccccc1. The number of nitrogens with one attached hydrogen (secondary N) is 1. The van der Waals surface area contributed by atoms with Gasteiger partial charge in [-0.2, -0.15) is 0 Å². The molecule has 1 N–H and O–H groups in total. The maximum absolute atomic E-state index is 12.9. The molecule has 0 bridgehead atoms. The first-order valence-electron chi connectivity index (χ1n) is 9.51. The van der Waals surface area contributed by atoms with Crippen molar-refractivity contribution >= 4 is 33.4 Å². The molecule has 0 aliphatic carbocycles. The molecule has 0 unspecified atom stereocenters. The van der Waals surface area contributed by atoms with E-state index in [4.69, 9.17) is 4.74 Å². The lowest BCUT2D eigenvalue weighted by Gasteiger charge is -2.19. The summed E-state index contributed by atoms with van der Waals surface area (Å²) in [4.78, 5) is 27.0. The minimum Gasteiger partial charge on any atom is -0.483 e. The molecule has 0 saturated heterocycles. The number of benzene rings is 3. The van der Waals surface area contributed by atoms with Crippen molar-refractivity contribution in [3.05, 3.63) is 94.0 Å². The van der Waals surface area contributed by atoms with Crippen molar-refractivity contribution in [2.24, 2.45) is 0 Å². The standard InChI is InChI=1S/C24H23BrN2O3/c1-17-14-19(25)12-13-22(17)30-16-23(28)26-21-11-7-6-10-20(21)24(29)27(2)15-18-8-4-3-5-9-18/h3-14H,15-16H2,1-2H3,(H,26,28). The largest absolute Gasteiger partial charge is 0.483 e. The van der Waals surface area contributed by atoms with Crippen molar-refractivity contribution in [3.63, 3.8) is 0 Å². The van der Waals surface area contributed by atoms with Gasteiger partial charge in [0.2, 0.25) is 0 Å². The van der Waals surface area contributed by atoms with Crippen LogP contribution in [0.4, 0.5) is 5.69 Å². The molecule has 0 fully saturated rings. The molecule has 0 aromatic heterocycles. The van der Waals surface area contributed by atoms with Crippen LogP contribution in [0.25, 0.3) is 0 Å². The van der Waals surface area contributed by atoms with Crippen molar-refractivity contribution in [1.29, 1.82) is 0 Å². The Morgan fingerprint density at radius 3 is 2.43 bits per heavy atom. The number of carbonyl (C=O) groups excluding carboxylic acids is 2. The van der Waals surface area contributed by atoms with Crippen LogP contribution in [0.3, 0.4) is 0 Å². The fourth-order valence-corrected chi connectivity index (χ4v) is 3.49. The second-order valence-corrected chi connectivity index (χ2v) is 7.85. The van der Waals surface area contributed by atoms with Gasteiger partial charge < -0.3 is 15.0 Å². The highest BCUT2D eigenvalue weighted by molar-refractivity contribution is 9.10. The molecule has 0 atom stereocenters. The molecule has 3 aromatic carbocycles. The molecule has 154 valence electrons. The summed E-state index contributed by atoms with van der Waals surface area (Å²) in [6.07, 6.45) is 0. The van der Waals surface area contributed by atoms with E-state index in [1.54, 1.807) is 36.2 Å². The molecular formula is C24H23BrN2O3. The molecule has 0 radical (unpaired) electrons. The normalized spacial score (nSPS) is 10.4. The highest BCUT2D eigenvalue weighted by atomic mass is 79.9. The molecular weight excluding hydrogens is 444 g/mol. The molecule has 2 amide bonds. The minimum absolute atomic E-state index is 0.148. The summed E-state index contributed by atoms with van der Waals surface area (Å²) in [6.45, 7) is 2.24. The molecule has 5 nitrogen and oxygen atoms in total. The second-order valence-electron chi connectivity index (χ2n) is 6.94. The van der Waals surface area contributed by atoms with Crippen LogP contribution in [0.1, 0.15) is 21.5 Å². The molecule has 0 spiro atoms. The monoisotopic (exact) mass is 466 g/mol. The lowest BCUT2D eigenvalue weighted by molar-refractivity contribution is -0.118. The highest BCUT2D eigenvalue weighted by Crippen LogP contribution is 2.22. The fourth-order valence-electron chi connectivity index (χ4n) is 3.02. The average molecular weight is 467 g/mol. The number of para-hydroxylation sites is 1. The fraction of sp³-hybridized carbons (Fsp3) is 0.167. The Labute approximate surface area is 184 Å². The van der Waals surface area contributed by atoms with Gasteiger partial charge in [0.1, 0.15) is 5.75 Å². The van der Waals surface area contributed by atoms with Crippen LogP contribution in [0, 0.1) is 6.92 Å². The van der Waals surface area contributed by atoms with Crippen LogP contribution < -0.4 is 10.1 Å². The van der Waals surface area contributed by atoms with Crippen LogP contribution in [0.2, 0.25) is 0 Å². The third-order valence-electron chi connectivity index (χ3n) is 4.54. The lowest BCUT2D eigenvalue weighted by Crippen LogP contribution is -2.28. The summed E-state index contributed by atoms with van der Waals surface area (Å²) in [6, 6.07) is 22.3. The molecule has 3 rings (SSSR count). The Morgan fingerprint density at radius 2 is 1.70 bits per heavy atom. The predicted molar refractivity (Wildman–Crippen MR) is 122 cm³/mol. The predicted octanol–water partition coefficient (Wildman–Crippen LogP) is 5.05. The molecule has 0 heterocycles. The van der Waals surface area contributed by atoms with Crippen molar-refractivity contribution in [2.75, 3.05) is 19.0 Å². The van der Waals surface area contributed by atoms with Crippen molar-refractivity contribution in [2.45, 2.75) is 13.5 Å². The number of nitrogens with zero attached hydrogens (tertiary/aromatic N) is 1. The third kappa shape index (κ3) is 5.70. The number of ether oxygens (including phenoxy) is 1. The number of rotatable bonds is 7. The Hall–Kier alpha value is -3.12. The summed E-state index contributed by atoms with van der Waals surface area (Å²) in [5.74, 6) is 0.142. The second kappa shape index (κ2) is 10.1. The van der Waals surface area contributed by atoms with Gasteiger partial charge in [-0.05, 0) is 48.4 Å². The summed E-state index contributed by atoms with van der Waals surface area (Å²) in [5.41, 5.74) is 2.86. The minimum atomic E-state index is -0.330. The maximum atomic E-state index is 12.9. The number of hydrogen-bond acceptors (Lipinski definition) is 3. The molecule has 3 aromatic rings. The summed E-state index contributed by atoms with van der Waals surface area (Å²) in [5, 5.41) is 2.79. The van der Waals surface area contributed by atoms with Crippen molar-refractivity contribution in [3.8, 4) is 5.75 Å². The Balaban J connectivity index is 1.65. The quantitative estimate of drug-likeness (QED) is 0.529. The van der Waals surface area contributed by atoms with Crippen LogP contribution in [-0.2, 0) is 11.3 Å². The Bertz CT molecular complexity index is 1040. The molecule has 6 heteroatoms. The number of carbonyl (C=O) groups is 2. The van der Waals surface area contributed by atoms with E-state index in [0.717, 1.165) is 15.6 Å². The van der Waals surface area contributed by atoms with Crippen molar-refractivity contribution < 1.29 is 14.3 Å². The van der Waals surface area contributed by atoms with Gasteiger partial charge in [-0.1, -0.05) is 58.4 Å². The molecule has 0 aliphatic rings. The van der Waals surface area contributed by atoms with Gasteiger partial charge in [-0.25, -0.2) is 0 Å². The van der Waals surface area contributed by atoms with E-state index < -0.39 is 0 Å². The van der Waals surface area contributed by atoms with Gasteiger partial charge >= 0.3 is 0 Å². The first kappa shape index (κ1) is 21.6. The van der Waals surface area contributed by atoms with E-state index >= 15 is 0 Å². The number of amides is 2. The molecule has 30 heavy (non-hydrogen) atoms. The zero-order chi connectivity index (χ0) is 21.5. The number of hydrogen-bond donors (Lipinski definition) is 1. The van der Waals surface area contributed by atoms with Gasteiger partial charge in [-0.3, -0.25) is 9.59 Å². The summed E-state index contributed by atoms with van der Waals surface area (Å²) < 4.78 is 6.57. The smallest absolute Gasteiger partial charge is 0.262 e. The van der Waals surface area contributed by atoms with E-state index in [1.807, 2.05) is 55.5 Å².